The minimum atomic E-state index is 0.311. The fourth-order valence-corrected chi connectivity index (χ4v) is 3.62. The quantitative estimate of drug-likeness (QED) is 0.731. The van der Waals surface area contributed by atoms with Crippen LogP contribution in [0.15, 0.2) is 0 Å². The molecular formula is C14H26N2O. The van der Waals surface area contributed by atoms with E-state index >= 15 is 0 Å². The van der Waals surface area contributed by atoms with Crippen LogP contribution < -0.4 is 0 Å². The van der Waals surface area contributed by atoms with Gasteiger partial charge >= 0.3 is 0 Å². The lowest BCUT2D eigenvalue weighted by Gasteiger charge is -2.33. The number of carbonyl (C=O) groups excluding carboxylic acids is 1. The summed E-state index contributed by atoms with van der Waals surface area (Å²) in [6.45, 7) is 6.76. The van der Waals surface area contributed by atoms with Gasteiger partial charge in [0.15, 0.2) is 0 Å². The molecule has 0 aromatic carbocycles. The van der Waals surface area contributed by atoms with Crippen LogP contribution >= 0.6 is 0 Å². The summed E-state index contributed by atoms with van der Waals surface area (Å²) >= 11 is 0. The second-order valence-electron chi connectivity index (χ2n) is 5.71. The van der Waals surface area contributed by atoms with Crippen LogP contribution in [0.1, 0.15) is 39.5 Å². The van der Waals surface area contributed by atoms with Crippen molar-refractivity contribution in [2.45, 2.75) is 45.6 Å². The zero-order valence-electron chi connectivity index (χ0n) is 11.5. The third kappa shape index (κ3) is 2.65. The highest BCUT2D eigenvalue weighted by Gasteiger charge is 2.42. The Kier molecular flexibility index (Phi) is 4.08. The molecule has 3 atom stereocenters. The van der Waals surface area contributed by atoms with Gasteiger partial charge in [0.05, 0.1) is 6.54 Å². The number of nitrogens with zero attached hydrogens (tertiary/aromatic N) is 2. The Labute approximate surface area is 105 Å². The zero-order valence-corrected chi connectivity index (χ0v) is 11.5. The van der Waals surface area contributed by atoms with Crippen LogP contribution in [-0.4, -0.2) is 48.4 Å². The molecule has 2 bridgehead atoms. The monoisotopic (exact) mass is 238 g/mol. The van der Waals surface area contributed by atoms with Crippen LogP contribution in [0, 0.1) is 11.8 Å². The van der Waals surface area contributed by atoms with E-state index < -0.39 is 0 Å². The molecule has 3 unspecified atom stereocenters. The Morgan fingerprint density at radius 3 is 2.35 bits per heavy atom. The number of amides is 1. The van der Waals surface area contributed by atoms with Gasteiger partial charge in [-0.3, -0.25) is 9.69 Å². The van der Waals surface area contributed by atoms with Gasteiger partial charge in [-0.2, -0.15) is 0 Å². The van der Waals surface area contributed by atoms with E-state index in [0.717, 1.165) is 24.9 Å². The summed E-state index contributed by atoms with van der Waals surface area (Å²) < 4.78 is 0. The smallest absolute Gasteiger partial charge is 0.236 e. The number of fused-ring (bicyclic) bond motifs is 2. The van der Waals surface area contributed by atoms with Crippen LogP contribution in [-0.2, 0) is 4.79 Å². The molecule has 0 aromatic rings. The van der Waals surface area contributed by atoms with Crippen LogP contribution in [0.25, 0.3) is 0 Å². The van der Waals surface area contributed by atoms with Crippen molar-refractivity contribution in [3.63, 3.8) is 0 Å². The number of hydrogen-bond acceptors (Lipinski definition) is 2. The lowest BCUT2D eigenvalue weighted by Crippen LogP contribution is -2.45. The third-order valence-corrected chi connectivity index (χ3v) is 4.84. The molecule has 0 N–H and O–H groups in total. The highest BCUT2D eigenvalue weighted by molar-refractivity contribution is 5.78. The van der Waals surface area contributed by atoms with Crippen molar-refractivity contribution in [3.8, 4) is 0 Å². The van der Waals surface area contributed by atoms with Gasteiger partial charge < -0.3 is 4.90 Å². The van der Waals surface area contributed by atoms with E-state index in [2.05, 4.69) is 18.7 Å². The Hall–Kier alpha value is -0.570. The van der Waals surface area contributed by atoms with E-state index in [4.69, 9.17) is 0 Å². The first-order chi connectivity index (χ1) is 8.15. The normalized spacial score (nSPS) is 31.2. The molecule has 2 fully saturated rings. The molecule has 1 amide bonds. The summed E-state index contributed by atoms with van der Waals surface area (Å²) in [5.41, 5.74) is 0. The largest absolute Gasteiger partial charge is 0.341 e. The van der Waals surface area contributed by atoms with Gasteiger partial charge in [-0.25, -0.2) is 0 Å². The molecule has 0 spiro atoms. The van der Waals surface area contributed by atoms with Crippen LogP contribution in [0.3, 0.4) is 0 Å². The van der Waals surface area contributed by atoms with Crippen molar-refractivity contribution in [2.75, 3.05) is 26.7 Å². The zero-order chi connectivity index (χ0) is 12.4. The highest BCUT2D eigenvalue weighted by Crippen LogP contribution is 2.46. The SMILES string of the molecule is CCN(CC)CC(=O)N(C)C1CC2CCC1C2. The summed E-state index contributed by atoms with van der Waals surface area (Å²) in [5, 5.41) is 0. The van der Waals surface area contributed by atoms with E-state index in [1.54, 1.807) is 0 Å². The van der Waals surface area contributed by atoms with E-state index in [0.29, 0.717) is 18.5 Å². The van der Waals surface area contributed by atoms with E-state index in [1.807, 2.05) is 11.9 Å². The number of carbonyl (C=O) groups is 1. The lowest BCUT2D eigenvalue weighted by atomic mass is 9.94. The van der Waals surface area contributed by atoms with E-state index in [9.17, 15) is 4.79 Å². The minimum Gasteiger partial charge on any atom is -0.341 e. The molecule has 98 valence electrons. The average Bonchev–Trinajstić information content (AvgIpc) is 2.96. The summed E-state index contributed by atoms with van der Waals surface area (Å²) in [6, 6.07) is 0.539. The van der Waals surface area contributed by atoms with Crippen molar-refractivity contribution in [2.24, 2.45) is 11.8 Å². The molecule has 0 aliphatic heterocycles. The maximum Gasteiger partial charge on any atom is 0.236 e. The Morgan fingerprint density at radius 2 is 1.88 bits per heavy atom. The molecule has 0 radical (unpaired) electrons. The van der Waals surface area contributed by atoms with Crippen molar-refractivity contribution in [3.05, 3.63) is 0 Å². The van der Waals surface area contributed by atoms with Gasteiger partial charge in [-0.15, -0.1) is 0 Å². The van der Waals surface area contributed by atoms with Crippen LogP contribution in [0.4, 0.5) is 0 Å². The Bertz CT molecular complexity index is 275. The summed E-state index contributed by atoms with van der Waals surface area (Å²) in [6.07, 6.45) is 5.37. The third-order valence-electron chi connectivity index (χ3n) is 4.84. The number of rotatable bonds is 5. The number of hydrogen-bond donors (Lipinski definition) is 0. The molecule has 2 aliphatic rings. The van der Waals surface area contributed by atoms with Crippen LogP contribution in [0.2, 0.25) is 0 Å². The maximum atomic E-state index is 12.2. The fraction of sp³-hybridized carbons (Fsp3) is 0.929. The van der Waals surface area contributed by atoms with Crippen molar-refractivity contribution in [1.29, 1.82) is 0 Å². The van der Waals surface area contributed by atoms with Crippen molar-refractivity contribution < 1.29 is 4.79 Å². The van der Waals surface area contributed by atoms with E-state index in [-0.39, 0.29) is 0 Å². The first-order valence-corrected chi connectivity index (χ1v) is 7.13. The summed E-state index contributed by atoms with van der Waals surface area (Å²) in [7, 11) is 2.01. The second kappa shape index (κ2) is 5.38. The van der Waals surface area contributed by atoms with Gasteiger partial charge in [-0.05, 0) is 44.2 Å². The molecule has 17 heavy (non-hydrogen) atoms. The molecule has 0 heterocycles. The average molecular weight is 238 g/mol. The fourth-order valence-electron chi connectivity index (χ4n) is 3.62. The second-order valence-corrected chi connectivity index (χ2v) is 5.71. The summed E-state index contributed by atoms with van der Waals surface area (Å²) in [5.74, 6) is 2.02. The lowest BCUT2D eigenvalue weighted by molar-refractivity contribution is -0.134. The van der Waals surface area contributed by atoms with Gasteiger partial charge in [0.1, 0.15) is 0 Å². The minimum absolute atomic E-state index is 0.311. The van der Waals surface area contributed by atoms with Gasteiger partial charge in [-0.1, -0.05) is 20.3 Å². The van der Waals surface area contributed by atoms with Gasteiger partial charge in [0.2, 0.25) is 5.91 Å². The van der Waals surface area contributed by atoms with Crippen molar-refractivity contribution in [1.82, 2.24) is 9.80 Å². The topological polar surface area (TPSA) is 23.6 Å². The van der Waals surface area contributed by atoms with Crippen LogP contribution in [0.5, 0.6) is 0 Å². The molecule has 2 rings (SSSR count). The molecule has 0 saturated heterocycles. The first-order valence-electron chi connectivity index (χ1n) is 7.13. The standard InChI is InChI=1S/C14H26N2O/c1-4-16(5-2)10-14(17)15(3)13-9-11-6-7-12(13)8-11/h11-13H,4-10H2,1-3H3. The Morgan fingerprint density at radius 1 is 1.18 bits per heavy atom. The molecule has 2 aliphatic carbocycles. The number of likely N-dealkylation sites (N-methyl/N-ethyl adjacent to an activating group) is 2. The molecule has 0 aromatic heterocycles. The summed E-state index contributed by atoms with van der Waals surface area (Å²) in [4.78, 5) is 16.5. The molecule has 3 nitrogen and oxygen atoms in total. The van der Waals surface area contributed by atoms with Crippen molar-refractivity contribution >= 4 is 5.91 Å². The predicted octanol–water partition coefficient (Wildman–Crippen LogP) is 1.98. The molecule has 3 heteroatoms. The van der Waals surface area contributed by atoms with Gasteiger partial charge in [0.25, 0.3) is 0 Å². The molecule has 2 saturated carbocycles. The van der Waals surface area contributed by atoms with Gasteiger partial charge in [0, 0.05) is 13.1 Å². The maximum absolute atomic E-state index is 12.2. The highest BCUT2D eigenvalue weighted by atomic mass is 16.2. The van der Waals surface area contributed by atoms with E-state index in [1.165, 1.54) is 25.7 Å². The first kappa shape index (κ1) is 12.9. The molecular weight excluding hydrogens is 212 g/mol. The Balaban J connectivity index is 1.87. The predicted molar refractivity (Wildman–Crippen MR) is 69.8 cm³/mol.